The van der Waals surface area contributed by atoms with Gasteiger partial charge in [0.05, 0.1) is 11.7 Å². The Morgan fingerprint density at radius 3 is 2.95 bits per heavy atom. The summed E-state index contributed by atoms with van der Waals surface area (Å²) in [6.45, 7) is 4.24. The molecule has 0 bridgehead atoms. The van der Waals surface area contributed by atoms with Crippen LogP contribution in [-0.4, -0.2) is 49.4 Å². The monoisotopic (exact) mass is 282 g/mol. The maximum absolute atomic E-state index is 4.32. The highest BCUT2D eigenvalue weighted by Gasteiger charge is 2.25. The lowest BCUT2D eigenvalue weighted by atomic mass is 10.1. The number of aromatic nitrogens is 5. The van der Waals surface area contributed by atoms with E-state index in [1.54, 1.807) is 0 Å². The molecule has 3 aromatic heterocycles. The summed E-state index contributed by atoms with van der Waals surface area (Å²) < 4.78 is 4.05. The van der Waals surface area contributed by atoms with Crippen molar-refractivity contribution in [2.24, 2.45) is 0 Å². The molecule has 6 nitrogen and oxygen atoms in total. The molecular weight excluding hydrogens is 264 g/mol. The van der Waals surface area contributed by atoms with Crippen LogP contribution in [0.3, 0.4) is 0 Å². The number of aryl methyl sites for hydroxylation is 1. The van der Waals surface area contributed by atoms with Crippen molar-refractivity contribution in [2.75, 3.05) is 20.1 Å². The maximum Gasteiger partial charge on any atom is 0.136 e. The lowest BCUT2D eigenvalue weighted by Gasteiger charge is -2.35. The molecule has 108 valence electrons. The van der Waals surface area contributed by atoms with Crippen LogP contribution >= 0.6 is 0 Å². The molecule has 4 rings (SSSR count). The Morgan fingerprint density at radius 1 is 1.29 bits per heavy atom. The minimum absolute atomic E-state index is 0.480. The van der Waals surface area contributed by atoms with Gasteiger partial charge in [0.25, 0.3) is 0 Å². The number of fused-ring (bicyclic) bond motifs is 1. The molecule has 1 aliphatic heterocycles. The Hall–Kier alpha value is -2.21. The van der Waals surface area contributed by atoms with Crippen LogP contribution in [0.25, 0.3) is 5.65 Å². The molecule has 1 fully saturated rings. The topological polar surface area (TPSA) is 51.2 Å². The minimum Gasteiger partial charge on any atom is -0.307 e. The third-order valence-electron chi connectivity index (χ3n) is 4.19. The summed E-state index contributed by atoms with van der Waals surface area (Å²) in [5, 5.41) is 8.59. The second kappa shape index (κ2) is 4.66. The SMILES string of the molecule is Cc1cc2nccn2cc1Cc1cn(C2CN(C)C2)nn1. The highest BCUT2D eigenvalue weighted by atomic mass is 15.5. The number of imidazole rings is 1. The largest absolute Gasteiger partial charge is 0.307 e. The first-order chi connectivity index (χ1) is 10.2. The van der Waals surface area contributed by atoms with Crippen LogP contribution in [0, 0.1) is 6.92 Å². The van der Waals surface area contributed by atoms with E-state index in [2.05, 4.69) is 52.6 Å². The zero-order valence-electron chi connectivity index (χ0n) is 12.3. The van der Waals surface area contributed by atoms with Gasteiger partial charge in [-0.05, 0) is 31.2 Å². The summed E-state index contributed by atoms with van der Waals surface area (Å²) in [5.41, 5.74) is 4.51. The molecule has 0 atom stereocenters. The van der Waals surface area contributed by atoms with Crippen LogP contribution < -0.4 is 0 Å². The van der Waals surface area contributed by atoms with Crippen molar-refractivity contribution in [1.82, 2.24) is 29.3 Å². The van der Waals surface area contributed by atoms with Gasteiger partial charge in [0.15, 0.2) is 0 Å². The van der Waals surface area contributed by atoms with E-state index in [4.69, 9.17) is 0 Å². The van der Waals surface area contributed by atoms with Crippen molar-refractivity contribution < 1.29 is 0 Å². The first kappa shape index (κ1) is 12.5. The van der Waals surface area contributed by atoms with E-state index >= 15 is 0 Å². The van der Waals surface area contributed by atoms with E-state index in [0.29, 0.717) is 6.04 Å². The fourth-order valence-electron chi connectivity index (χ4n) is 2.89. The molecule has 0 spiro atoms. The Morgan fingerprint density at radius 2 is 2.14 bits per heavy atom. The van der Waals surface area contributed by atoms with Gasteiger partial charge in [0.2, 0.25) is 0 Å². The normalized spacial score (nSPS) is 16.5. The van der Waals surface area contributed by atoms with Crippen molar-refractivity contribution >= 4 is 5.65 Å². The van der Waals surface area contributed by atoms with Gasteiger partial charge >= 0.3 is 0 Å². The average molecular weight is 282 g/mol. The zero-order valence-corrected chi connectivity index (χ0v) is 12.3. The molecule has 0 unspecified atom stereocenters. The van der Waals surface area contributed by atoms with E-state index in [0.717, 1.165) is 30.9 Å². The smallest absolute Gasteiger partial charge is 0.136 e. The molecule has 0 amide bonds. The van der Waals surface area contributed by atoms with Gasteiger partial charge in [-0.25, -0.2) is 9.67 Å². The van der Waals surface area contributed by atoms with Crippen molar-refractivity contribution in [1.29, 1.82) is 0 Å². The third-order valence-corrected chi connectivity index (χ3v) is 4.19. The van der Waals surface area contributed by atoms with E-state index in [-0.39, 0.29) is 0 Å². The highest BCUT2D eigenvalue weighted by molar-refractivity contribution is 5.44. The number of likely N-dealkylation sites (tertiary alicyclic amines) is 1. The first-order valence-electron chi connectivity index (χ1n) is 7.20. The van der Waals surface area contributed by atoms with Gasteiger partial charge in [-0.1, -0.05) is 5.21 Å². The second-order valence-electron chi connectivity index (χ2n) is 5.92. The van der Waals surface area contributed by atoms with E-state index in [1.807, 2.05) is 21.5 Å². The Labute approximate surface area is 123 Å². The molecule has 0 radical (unpaired) electrons. The van der Waals surface area contributed by atoms with Crippen LogP contribution in [-0.2, 0) is 6.42 Å². The summed E-state index contributed by atoms with van der Waals surface area (Å²) in [7, 11) is 2.12. The van der Waals surface area contributed by atoms with E-state index in [9.17, 15) is 0 Å². The second-order valence-corrected chi connectivity index (χ2v) is 5.92. The van der Waals surface area contributed by atoms with Crippen molar-refractivity contribution in [3.8, 4) is 0 Å². The van der Waals surface area contributed by atoms with Crippen LogP contribution in [0.2, 0.25) is 0 Å². The average Bonchev–Trinajstić information content (AvgIpc) is 3.04. The van der Waals surface area contributed by atoms with Crippen molar-refractivity contribution in [3.63, 3.8) is 0 Å². The lowest BCUT2D eigenvalue weighted by Crippen LogP contribution is -2.45. The van der Waals surface area contributed by atoms with Crippen LogP contribution in [0.5, 0.6) is 0 Å². The molecule has 0 aliphatic carbocycles. The van der Waals surface area contributed by atoms with Crippen molar-refractivity contribution in [3.05, 3.63) is 47.7 Å². The molecule has 3 aromatic rings. The van der Waals surface area contributed by atoms with Gasteiger partial charge in [-0.2, -0.15) is 0 Å². The molecule has 0 saturated carbocycles. The molecule has 1 saturated heterocycles. The van der Waals surface area contributed by atoms with Gasteiger partial charge in [-0.15, -0.1) is 5.10 Å². The molecule has 0 N–H and O–H groups in total. The molecular formula is C15H18N6. The molecule has 1 aliphatic rings. The van der Waals surface area contributed by atoms with Crippen LogP contribution in [0.15, 0.2) is 30.9 Å². The van der Waals surface area contributed by atoms with Gasteiger partial charge in [-0.3, -0.25) is 0 Å². The van der Waals surface area contributed by atoms with Gasteiger partial charge < -0.3 is 9.30 Å². The summed E-state index contributed by atoms with van der Waals surface area (Å²) in [4.78, 5) is 6.59. The summed E-state index contributed by atoms with van der Waals surface area (Å²) in [5.74, 6) is 0. The lowest BCUT2D eigenvalue weighted by molar-refractivity contribution is 0.129. The fourth-order valence-corrected chi connectivity index (χ4v) is 2.89. The molecule has 4 heterocycles. The highest BCUT2D eigenvalue weighted by Crippen LogP contribution is 2.19. The number of rotatable bonds is 3. The number of hydrogen-bond donors (Lipinski definition) is 0. The molecule has 0 aromatic carbocycles. The Balaban J connectivity index is 1.58. The predicted octanol–water partition coefficient (Wildman–Crippen LogP) is 1.31. The summed E-state index contributed by atoms with van der Waals surface area (Å²) in [6.07, 6.45) is 8.81. The summed E-state index contributed by atoms with van der Waals surface area (Å²) in [6, 6.07) is 2.59. The maximum atomic E-state index is 4.32. The van der Waals surface area contributed by atoms with Gasteiger partial charge in [0.1, 0.15) is 5.65 Å². The zero-order chi connectivity index (χ0) is 14.4. The van der Waals surface area contributed by atoms with E-state index < -0.39 is 0 Å². The van der Waals surface area contributed by atoms with Gasteiger partial charge in [0, 0.05) is 44.3 Å². The standard InChI is InChI=1S/C15H18N6/c1-11-5-15-16-3-4-20(15)7-12(11)6-13-8-21(18-17-13)14-9-19(2)10-14/h3-5,7-8,14H,6,9-10H2,1-2H3. The minimum atomic E-state index is 0.480. The van der Waals surface area contributed by atoms with Crippen molar-refractivity contribution in [2.45, 2.75) is 19.4 Å². The van der Waals surface area contributed by atoms with Crippen LogP contribution in [0.4, 0.5) is 0 Å². The van der Waals surface area contributed by atoms with Crippen LogP contribution in [0.1, 0.15) is 22.9 Å². The molecule has 6 heteroatoms. The fraction of sp³-hybridized carbons (Fsp3) is 0.400. The molecule has 21 heavy (non-hydrogen) atoms. The Bertz CT molecular complexity index is 780. The number of hydrogen-bond acceptors (Lipinski definition) is 4. The first-order valence-corrected chi connectivity index (χ1v) is 7.20. The number of likely N-dealkylation sites (N-methyl/N-ethyl adjacent to an activating group) is 1. The van der Waals surface area contributed by atoms with E-state index in [1.165, 1.54) is 11.1 Å². The third kappa shape index (κ3) is 2.21. The quantitative estimate of drug-likeness (QED) is 0.727. The predicted molar refractivity (Wildman–Crippen MR) is 79.3 cm³/mol. The number of pyridine rings is 1. The number of nitrogens with zero attached hydrogens (tertiary/aromatic N) is 6. The Kier molecular flexibility index (Phi) is 2.78. The summed E-state index contributed by atoms with van der Waals surface area (Å²) >= 11 is 0.